The van der Waals surface area contributed by atoms with E-state index in [1.807, 2.05) is 24.3 Å². The van der Waals surface area contributed by atoms with Gasteiger partial charge in [0.15, 0.2) is 10.1 Å². The van der Waals surface area contributed by atoms with Gasteiger partial charge >= 0.3 is 0 Å². The van der Waals surface area contributed by atoms with E-state index in [-0.39, 0.29) is 5.75 Å². The largest absolute Gasteiger partial charge is 0.485 e. The van der Waals surface area contributed by atoms with Gasteiger partial charge < -0.3 is 9.84 Å². The van der Waals surface area contributed by atoms with Gasteiger partial charge in [-0.25, -0.2) is 18.2 Å². The molecule has 0 amide bonds. The molecule has 3 nitrogen and oxygen atoms in total. The average molecular weight is 407 g/mol. The van der Waals surface area contributed by atoms with E-state index in [0.717, 1.165) is 10.2 Å². The van der Waals surface area contributed by atoms with Crippen molar-refractivity contribution in [3.8, 4) is 5.75 Å². The number of hydrogen-bond donors (Lipinski definition) is 1. The number of aliphatic hydroxyl groups excluding tert-OH is 1. The Balaban J connectivity index is 1.61. The Bertz CT molecular complexity index is 888. The lowest BCUT2D eigenvalue weighted by molar-refractivity contribution is 0.118. The van der Waals surface area contributed by atoms with Crippen molar-refractivity contribution in [2.45, 2.75) is 10.4 Å². The van der Waals surface area contributed by atoms with E-state index in [2.05, 4.69) is 9.72 Å². The zero-order valence-corrected chi connectivity index (χ0v) is 14.4. The number of aliphatic hydroxyl groups is 1. The Morgan fingerprint density at radius 3 is 2.27 bits per heavy atom. The molecule has 0 spiro atoms. The van der Waals surface area contributed by atoms with Crippen molar-refractivity contribution in [3.63, 3.8) is 0 Å². The molecule has 26 heavy (non-hydrogen) atoms. The molecule has 1 atom stereocenters. The van der Waals surface area contributed by atoms with Gasteiger partial charge in [-0.1, -0.05) is 23.9 Å². The number of benzene rings is 2. The van der Waals surface area contributed by atoms with E-state index in [1.54, 1.807) is 0 Å². The Morgan fingerprint density at radius 1 is 1.00 bits per heavy atom. The summed E-state index contributed by atoms with van der Waals surface area (Å²) in [6, 6.07) is 7.42. The van der Waals surface area contributed by atoms with Crippen LogP contribution in [-0.4, -0.2) is 28.6 Å². The number of halogens is 5. The Morgan fingerprint density at radius 2 is 1.62 bits per heavy atom. The molecule has 1 N–H and O–H groups in total. The summed E-state index contributed by atoms with van der Waals surface area (Å²) in [4.78, 5) is 4.33. The van der Waals surface area contributed by atoms with Crippen LogP contribution in [0.3, 0.4) is 0 Å². The maximum absolute atomic E-state index is 13.5. The van der Waals surface area contributed by atoms with E-state index < -0.39 is 47.5 Å². The molecule has 1 aromatic heterocycles. The quantitative estimate of drug-likeness (QED) is 0.282. The van der Waals surface area contributed by atoms with Crippen LogP contribution in [0, 0.1) is 29.1 Å². The number of nitrogens with zero attached hydrogens (tertiary/aromatic N) is 1. The van der Waals surface area contributed by atoms with Gasteiger partial charge in [-0.3, -0.25) is 0 Å². The van der Waals surface area contributed by atoms with E-state index in [1.165, 1.54) is 23.1 Å². The van der Waals surface area contributed by atoms with Crippen LogP contribution in [0.2, 0.25) is 0 Å². The molecule has 0 aliphatic heterocycles. The van der Waals surface area contributed by atoms with E-state index in [4.69, 9.17) is 0 Å². The number of thiazole rings is 1. The third-order valence-electron chi connectivity index (χ3n) is 3.26. The first kappa shape index (κ1) is 18.9. The van der Waals surface area contributed by atoms with Crippen molar-refractivity contribution < 1.29 is 31.8 Å². The highest BCUT2D eigenvalue weighted by atomic mass is 32.2. The van der Waals surface area contributed by atoms with Crippen molar-refractivity contribution in [2.24, 2.45) is 0 Å². The van der Waals surface area contributed by atoms with Crippen LogP contribution in [0.25, 0.3) is 10.2 Å². The van der Waals surface area contributed by atoms with Gasteiger partial charge in [-0.2, -0.15) is 8.78 Å². The molecule has 1 unspecified atom stereocenters. The third kappa shape index (κ3) is 3.76. The standard InChI is InChI=1S/C16H10F5NO2S2/c17-10-11(18)13(20)15(14(21)12(10)19)24-5-7(23)6-25-16-22-8-3-1-2-4-9(8)26-16/h1-4,7,23H,5-6H2. The lowest BCUT2D eigenvalue weighted by atomic mass is 10.2. The topological polar surface area (TPSA) is 42.4 Å². The second-order valence-electron chi connectivity index (χ2n) is 5.12. The number of hydrogen-bond acceptors (Lipinski definition) is 5. The van der Waals surface area contributed by atoms with Gasteiger partial charge in [-0.05, 0) is 12.1 Å². The fraction of sp³-hybridized carbons (Fsp3) is 0.188. The van der Waals surface area contributed by atoms with Crippen molar-refractivity contribution in [3.05, 3.63) is 53.4 Å². The van der Waals surface area contributed by atoms with E-state index in [0.29, 0.717) is 4.34 Å². The van der Waals surface area contributed by atoms with Gasteiger partial charge in [0.2, 0.25) is 29.1 Å². The van der Waals surface area contributed by atoms with Gasteiger partial charge in [0.05, 0.1) is 16.3 Å². The molecular formula is C16H10F5NO2S2. The molecular weight excluding hydrogens is 397 g/mol. The number of ether oxygens (including phenoxy) is 1. The number of thioether (sulfide) groups is 1. The summed E-state index contributed by atoms with van der Waals surface area (Å²) in [6.45, 7) is -0.643. The summed E-state index contributed by atoms with van der Waals surface area (Å²) in [7, 11) is 0. The van der Waals surface area contributed by atoms with Gasteiger partial charge in [0.25, 0.3) is 0 Å². The summed E-state index contributed by atoms with van der Waals surface area (Å²) in [6.07, 6.45) is -1.21. The first-order valence-corrected chi connectivity index (χ1v) is 8.99. The normalized spacial score (nSPS) is 12.5. The van der Waals surface area contributed by atoms with Gasteiger partial charge in [0, 0.05) is 5.75 Å². The second-order valence-corrected chi connectivity index (χ2v) is 7.42. The molecule has 0 fully saturated rings. The van der Waals surface area contributed by atoms with Gasteiger partial charge in [0.1, 0.15) is 6.61 Å². The third-order valence-corrected chi connectivity index (χ3v) is 5.59. The highest BCUT2D eigenvalue weighted by Gasteiger charge is 2.27. The Kier molecular flexibility index (Phi) is 5.64. The predicted octanol–water partition coefficient (Wildman–Crippen LogP) is 4.52. The van der Waals surface area contributed by atoms with Crippen molar-refractivity contribution in [2.75, 3.05) is 12.4 Å². The van der Waals surface area contributed by atoms with Crippen LogP contribution in [0.5, 0.6) is 5.75 Å². The minimum Gasteiger partial charge on any atom is -0.485 e. The fourth-order valence-corrected chi connectivity index (χ4v) is 4.02. The van der Waals surface area contributed by atoms with Crippen LogP contribution < -0.4 is 4.74 Å². The highest BCUT2D eigenvalue weighted by molar-refractivity contribution is 8.01. The van der Waals surface area contributed by atoms with Crippen molar-refractivity contribution >= 4 is 33.3 Å². The Hall–Kier alpha value is -1.91. The second kappa shape index (κ2) is 7.77. The first-order valence-electron chi connectivity index (χ1n) is 7.19. The molecule has 0 radical (unpaired) electrons. The van der Waals surface area contributed by atoms with E-state index >= 15 is 0 Å². The molecule has 3 rings (SSSR count). The minimum atomic E-state index is -2.26. The molecule has 0 bridgehead atoms. The zero-order valence-electron chi connectivity index (χ0n) is 12.8. The number of para-hydroxylation sites is 1. The van der Waals surface area contributed by atoms with Crippen LogP contribution in [0.15, 0.2) is 28.6 Å². The highest BCUT2D eigenvalue weighted by Crippen LogP contribution is 2.31. The SMILES string of the molecule is OC(COc1c(F)c(F)c(F)c(F)c1F)CSc1nc2ccccc2s1. The van der Waals surface area contributed by atoms with Crippen molar-refractivity contribution in [1.29, 1.82) is 0 Å². The molecule has 138 valence electrons. The fourth-order valence-electron chi connectivity index (χ4n) is 2.02. The maximum atomic E-state index is 13.5. The molecule has 0 aliphatic carbocycles. The molecule has 2 aromatic carbocycles. The molecule has 0 saturated heterocycles. The Labute approximate surface area is 152 Å². The predicted molar refractivity (Wildman–Crippen MR) is 88.1 cm³/mol. The molecule has 1 heterocycles. The smallest absolute Gasteiger partial charge is 0.206 e. The molecule has 10 heteroatoms. The minimum absolute atomic E-state index is 0.0647. The summed E-state index contributed by atoms with van der Waals surface area (Å²) < 4.78 is 72.3. The monoisotopic (exact) mass is 407 g/mol. The number of rotatable bonds is 6. The lowest BCUT2D eigenvalue weighted by Gasteiger charge is -2.13. The van der Waals surface area contributed by atoms with Crippen molar-refractivity contribution in [1.82, 2.24) is 4.98 Å². The van der Waals surface area contributed by atoms with Crippen LogP contribution >= 0.6 is 23.1 Å². The van der Waals surface area contributed by atoms with Crippen LogP contribution in [0.4, 0.5) is 22.0 Å². The molecule has 0 saturated carbocycles. The zero-order chi connectivity index (χ0) is 18.8. The van der Waals surface area contributed by atoms with E-state index in [9.17, 15) is 27.1 Å². The van der Waals surface area contributed by atoms with Crippen LogP contribution in [-0.2, 0) is 0 Å². The molecule has 0 aliphatic rings. The average Bonchev–Trinajstić information content (AvgIpc) is 3.06. The molecule has 3 aromatic rings. The number of fused-ring (bicyclic) bond motifs is 1. The summed E-state index contributed by atoms with van der Waals surface area (Å²) in [5, 5.41) is 9.85. The first-order chi connectivity index (χ1) is 12.4. The summed E-state index contributed by atoms with van der Waals surface area (Å²) >= 11 is 2.59. The van der Waals surface area contributed by atoms with Crippen LogP contribution in [0.1, 0.15) is 0 Å². The lowest BCUT2D eigenvalue weighted by Crippen LogP contribution is -2.21. The maximum Gasteiger partial charge on any atom is 0.206 e. The summed E-state index contributed by atoms with van der Waals surface area (Å²) in [5.74, 6) is -12.0. The summed E-state index contributed by atoms with van der Waals surface area (Å²) in [5.41, 5.74) is 0.798. The van der Waals surface area contributed by atoms with Gasteiger partial charge in [-0.15, -0.1) is 11.3 Å². The number of aromatic nitrogens is 1.